The van der Waals surface area contributed by atoms with E-state index in [4.69, 9.17) is 4.74 Å². The Morgan fingerprint density at radius 2 is 1.96 bits per heavy atom. The summed E-state index contributed by atoms with van der Waals surface area (Å²) in [6, 6.07) is 9.23. The summed E-state index contributed by atoms with van der Waals surface area (Å²) in [5, 5.41) is 14.2. The Kier molecular flexibility index (Phi) is 5.64. The van der Waals surface area contributed by atoms with Gasteiger partial charge in [-0.2, -0.15) is 0 Å². The van der Waals surface area contributed by atoms with Gasteiger partial charge < -0.3 is 19.7 Å². The number of likely N-dealkylation sites (tertiary alicyclic amines) is 1. The molecule has 1 amide bonds. The molecule has 2 aromatic rings. The number of imidazole rings is 1. The van der Waals surface area contributed by atoms with Crippen LogP contribution in [0.2, 0.25) is 0 Å². The Morgan fingerprint density at radius 1 is 1.21 bits per heavy atom. The fraction of sp³-hybridized carbons (Fsp3) is 0.524. The van der Waals surface area contributed by atoms with Crippen LogP contribution >= 0.6 is 0 Å². The molecule has 1 saturated carbocycles. The topological polar surface area (TPSA) is 79.6 Å². The molecular weight excluding hydrogens is 356 g/mol. The number of carbonyl (C=O) groups excluding carboxylic acids is 1. The van der Waals surface area contributed by atoms with Crippen LogP contribution in [0.4, 0.5) is 0 Å². The van der Waals surface area contributed by atoms with Crippen molar-refractivity contribution in [3.63, 3.8) is 0 Å². The normalized spacial score (nSPS) is 28.2. The van der Waals surface area contributed by atoms with Gasteiger partial charge >= 0.3 is 0 Å². The number of amides is 1. The van der Waals surface area contributed by atoms with E-state index in [2.05, 4.69) is 15.2 Å². The maximum atomic E-state index is 12.8. The van der Waals surface area contributed by atoms with E-state index in [0.717, 1.165) is 31.7 Å². The Balaban J connectivity index is 1.52. The first-order valence-electron chi connectivity index (χ1n) is 10.0. The van der Waals surface area contributed by atoms with E-state index in [1.165, 1.54) is 6.42 Å². The number of piperidine rings is 1. The van der Waals surface area contributed by atoms with Crippen molar-refractivity contribution in [1.29, 1.82) is 0 Å². The SMILES string of the molecule is Cn1cncc1C(=O)N[C@@H]1C[C@@H](Oc2ccccc2)[C@H](O)[C@H]1N1CCCCC1. The molecule has 0 radical (unpaired) electrons. The van der Waals surface area contributed by atoms with Gasteiger partial charge in [-0.1, -0.05) is 24.6 Å². The third-order valence-electron chi connectivity index (χ3n) is 5.84. The van der Waals surface area contributed by atoms with Crippen LogP contribution in [0.5, 0.6) is 5.75 Å². The number of aryl methyl sites for hydroxylation is 1. The molecule has 28 heavy (non-hydrogen) atoms. The molecular formula is C21H28N4O3. The molecule has 1 aliphatic carbocycles. The predicted molar refractivity (Wildman–Crippen MR) is 105 cm³/mol. The Hall–Kier alpha value is -2.38. The van der Waals surface area contributed by atoms with E-state index in [9.17, 15) is 9.90 Å². The number of aromatic nitrogens is 2. The summed E-state index contributed by atoms with van der Waals surface area (Å²) in [6.45, 7) is 1.88. The van der Waals surface area contributed by atoms with Gasteiger partial charge in [0.25, 0.3) is 5.91 Å². The average molecular weight is 384 g/mol. The molecule has 2 aliphatic rings. The van der Waals surface area contributed by atoms with Gasteiger partial charge in [0.2, 0.25) is 0 Å². The van der Waals surface area contributed by atoms with Gasteiger partial charge in [0.05, 0.1) is 24.6 Å². The van der Waals surface area contributed by atoms with Crippen LogP contribution in [0.1, 0.15) is 36.2 Å². The lowest BCUT2D eigenvalue weighted by molar-refractivity contribution is 0.00144. The minimum absolute atomic E-state index is 0.147. The second-order valence-corrected chi connectivity index (χ2v) is 7.75. The van der Waals surface area contributed by atoms with Crippen molar-refractivity contribution in [2.75, 3.05) is 13.1 Å². The molecule has 2 fully saturated rings. The number of benzene rings is 1. The highest BCUT2D eigenvalue weighted by atomic mass is 16.5. The van der Waals surface area contributed by atoms with Crippen molar-refractivity contribution >= 4 is 5.91 Å². The average Bonchev–Trinajstić information content (AvgIpc) is 3.27. The number of hydrogen-bond donors (Lipinski definition) is 2. The smallest absolute Gasteiger partial charge is 0.269 e. The van der Waals surface area contributed by atoms with Gasteiger partial charge in [0, 0.05) is 13.5 Å². The molecule has 0 unspecified atom stereocenters. The number of aliphatic hydroxyl groups is 1. The van der Waals surface area contributed by atoms with E-state index in [-0.39, 0.29) is 24.1 Å². The third kappa shape index (κ3) is 3.91. The first kappa shape index (κ1) is 19.0. The third-order valence-corrected chi connectivity index (χ3v) is 5.84. The highest BCUT2D eigenvalue weighted by Gasteiger charge is 2.47. The second-order valence-electron chi connectivity index (χ2n) is 7.75. The summed E-state index contributed by atoms with van der Waals surface area (Å²) in [6.07, 6.45) is 6.19. The highest BCUT2D eigenvalue weighted by Crippen LogP contribution is 2.31. The first-order valence-corrected chi connectivity index (χ1v) is 10.0. The zero-order valence-electron chi connectivity index (χ0n) is 16.2. The molecule has 2 heterocycles. The van der Waals surface area contributed by atoms with Crippen LogP contribution in [-0.4, -0.2) is 62.8 Å². The van der Waals surface area contributed by atoms with Crippen LogP contribution in [0.25, 0.3) is 0 Å². The number of ether oxygens (including phenoxy) is 1. The zero-order chi connectivity index (χ0) is 19.5. The molecule has 1 aliphatic heterocycles. The number of nitrogens with zero attached hydrogens (tertiary/aromatic N) is 3. The molecule has 7 nitrogen and oxygen atoms in total. The summed E-state index contributed by atoms with van der Waals surface area (Å²) >= 11 is 0. The van der Waals surface area contributed by atoms with Crippen molar-refractivity contribution in [3.8, 4) is 5.75 Å². The fourth-order valence-electron chi connectivity index (χ4n) is 4.43. The minimum Gasteiger partial charge on any atom is -0.488 e. The van der Waals surface area contributed by atoms with Gasteiger partial charge in [0.15, 0.2) is 0 Å². The monoisotopic (exact) mass is 384 g/mol. The molecule has 0 bridgehead atoms. The fourth-order valence-corrected chi connectivity index (χ4v) is 4.43. The highest BCUT2D eigenvalue weighted by molar-refractivity contribution is 5.92. The molecule has 2 N–H and O–H groups in total. The van der Waals surface area contributed by atoms with Crippen molar-refractivity contribution in [3.05, 3.63) is 48.5 Å². The summed E-state index contributed by atoms with van der Waals surface area (Å²) in [7, 11) is 1.80. The predicted octanol–water partition coefficient (Wildman–Crippen LogP) is 1.59. The van der Waals surface area contributed by atoms with Gasteiger partial charge in [-0.15, -0.1) is 0 Å². The Morgan fingerprint density at radius 3 is 2.64 bits per heavy atom. The lowest BCUT2D eigenvalue weighted by Crippen LogP contribution is -2.54. The first-order chi connectivity index (χ1) is 13.6. The number of hydrogen-bond acceptors (Lipinski definition) is 5. The molecule has 0 spiro atoms. The number of carbonyl (C=O) groups is 1. The lowest BCUT2D eigenvalue weighted by atomic mass is 10.0. The van der Waals surface area contributed by atoms with Crippen molar-refractivity contribution < 1.29 is 14.6 Å². The number of rotatable bonds is 5. The molecule has 7 heteroatoms. The van der Waals surface area contributed by atoms with Crippen LogP contribution < -0.4 is 10.1 Å². The Labute approximate surface area is 165 Å². The molecule has 4 rings (SSSR count). The van der Waals surface area contributed by atoms with Gasteiger partial charge in [-0.25, -0.2) is 4.98 Å². The van der Waals surface area contributed by atoms with Crippen molar-refractivity contribution in [2.24, 2.45) is 7.05 Å². The van der Waals surface area contributed by atoms with Gasteiger partial charge in [-0.05, 0) is 38.1 Å². The van der Waals surface area contributed by atoms with E-state index in [0.29, 0.717) is 12.1 Å². The van der Waals surface area contributed by atoms with Crippen LogP contribution in [-0.2, 0) is 7.05 Å². The molecule has 150 valence electrons. The zero-order valence-corrected chi connectivity index (χ0v) is 16.2. The largest absolute Gasteiger partial charge is 0.488 e. The van der Waals surface area contributed by atoms with Crippen LogP contribution in [0.3, 0.4) is 0 Å². The summed E-state index contributed by atoms with van der Waals surface area (Å²) in [4.78, 5) is 19.1. The molecule has 4 atom stereocenters. The van der Waals surface area contributed by atoms with E-state index in [1.807, 2.05) is 30.3 Å². The lowest BCUT2D eigenvalue weighted by Gasteiger charge is -2.37. The van der Waals surface area contributed by atoms with Crippen LogP contribution in [0, 0.1) is 0 Å². The standard InChI is InChI=1S/C21H28N4O3/c1-24-14-22-13-17(24)21(27)23-16-12-18(28-15-8-4-2-5-9-15)20(26)19(16)25-10-6-3-7-11-25/h2,4-5,8-9,13-14,16,18-20,26H,3,6-7,10-12H2,1H3,(H,23,27)/t16-,18-,19+,20+/m1/s1. The summed E-state index contributed by atoms with van der Waals surface area (Å²) in [5.74, 6) is 0.571. The maximum Gasteiger partial charge on any atom is 0.269 e. The second kappa shape index (κ2) is 8.32. The van der Waals surface area contributed by atoms with Crippen molar-refractivity contribution in [2.45, 2.75) is 50.0 Å². The van der Waals surface area contributed by atoms with E-state index in [1.54, 1.807) is 24.1 Å². The number of para-hydroxylation sites is 1. The maximum absolute atomic E-state index is 12.8. The van der Waals surface area contributed by atoms with E-state index >= 15 is 0 Å². The molecule has 1 saturated heterocycles. The van der Waals surface area contributed by atoms with E-state index < -0.39 is 6.10 Å². The van der Waals surface area contributed by atoms with Gasteiger partial charge in [0.1, 0.15) is 23.7 Å². The summed E-state index contributed by atoms with van der Waals surface area (Å²) < 4.78 is 7.79. The number of aliphatic hydroxyl groups excluding tert-OH is 1. The van der Waals surface area contributed by atoms with Gasteiger partial charge in [-0.3, -0.25) is 9.69 Å². The Bertz CT molecular complexity index is 788. The van der Waals surface area contributed by atoms with Crippen molar-refractivity contribution in [1.82, 2.24) is 19.8 Å². The summed E-state index contributed by atoms with van der Waals surface area (Å²) in [5.41, 5.74) is 0.513. The molecule has 1 aromatic carbocycles. The minimum atomic E-state index is -0.657. The van der Waals surface area contributed by atoms with Crippen LogP contribution in [0.15, 0.2) is 42.9 Å². The number of nitrogens with one attached hydrogen (secondary N) is 1. The quantitative estimate of drug-likeness (QED) is 0.818. The molecule has 1 aromatic heterocycles.